The van der Waals surface area contributed by atoms with Crippen LogP contribution in [0.15, 0.2) is 36.4 Å². The van der Waals surface area contributed by atoms with Crippen molar-refractivity contribution in [2.45, 2.75) is 0 Å². The van der Waals surface area contributed by atoms with Gasteiger partial charge in [0.15, 0.2) is 0 Å². The van der Waals surface area contributed by atoms with Gasteiger partial charge in [-0.1, -0.05) is 36.4 Å². The highest BCUT2D eigenvalue weighted by Gasteiger charge is 1.81. The van der Waals surface area contributed by atoms with Crippen LogP contribution < -0.4 is 5.73 Å². The Morgan fingerprint density at radius 2 is 1.87 bits per heavy atom. The molecule has 3 N–H and O–H groups in total. The second-order valence-electron chi connectivity index (χ2n) is 2.50. The van der Waals surface area contributed by atoms with Crippen LogP contribution in [0.3, 0.4) is 0 Å². The maximum Gasteiger partial charge on any atom is 0.317 e. The van der Waals surface area contributed by atoms with Gasteiger partial charge in [-0.3, -0.25) is 9.59 Å². The normalized spacial score (nSPS) is 9.13. The second-order valence-corrected chi connectivity index (χ2v) is 2.50. The molecule has 0 bridgehead atoms. The summed E-state index contributed by atoms with van der Waals surface area (Å²) in [6.07, 6.45) is 4.02. The quantitative estimate of drug-likeness (QED) is 0.570. The van der Waals surface area contributed by atoms with Crippen LogP contribution in [-0.4, -0.2) is 23.9 Å². The van der Waals surface area contributed by atoms with Gasteiger partial charge in [0, 0.05) is 0 Å². The fraction of sp³-hybridized carbons (Fsp3) is 0.0909. The van der Waals surface area contributed by atoms with E-state index in [4.69, 9.17) is 5.11 Å². The van der Waals surface area contributed by atoms with Gasteiger partial charge in [0.25, 0.3) is 0 Å². The van der Waals surface area contributed by atoms with Crippen LogP contribution >= 0.6 is 0 Å². The largest absolute Gasteiger partial charge is 0.480 e. The first-order valence-electron chi connectivity index (χ1n) is 4.29. The standard InChI is InChI=1S/C9H8O.C2H5NO2/c10-8-4-7-9-5-2-1-3-6-9;3-1-2(4)5/h1-8H;1,3H2,(H,4,5)/b7-4+;. The van der Waals surface area contributed by atoms with E-state index in [0.717, 1.165) is 11.8 Å². The van der Waals surface area contributed by atoms with Crippen LogP contribution in [0.2, 0.25) is 0 Å². The molecule has 4 heteroatoms. The number of aldehydes is 1. The fourth-order valence-corrected chi connectivity index (χ4v) is 0.715. The van der Waals surface area contributed by atoms with Gasteiger partial charge in [-0.2, -0.15) is 0 Å². The predicted octanol–water partition coefficient (Wildman–Crippen LogP) is 0.928. The Morgan fingerprint density at radius 1 is 1.33 bits per heavy atom. The summed E-state index contributed by atoms with van der Waals surface area (Å²) in [4.78, 5) is 19.1. The molecule has 1 rings (SSSR count). The van der Waals surface area contributed by atoms with Crippen molar-refractivity contribution in [1.29, 1.82) is 0 Å². The van der Waals surface area contributed by atoms with Crippen LogP contribution in [0.1, 0.15) is 5.56 Å². The maximum atomic E-state index is 9.89. The number of carboxylic acids is 1. The summed E-state index contributed by atoms with van der Waals surface area (Å²) >= 11 is 0. The van der Waals surface area contributed by atoms with Gasteiger partial charge in [-0.25, -0.2) is 0 Å². The number of hydrogen-bond donors (Lipinski definition) is 2. The Morgan fingerprint density at radius 3 is 2.27 bits per heavy atom. The Balaban J connectivity index is 0.000000336. The zero-order valence-corrected chi connectivity index (χ0v) is 8.17. The molecule has 0 aliphatic carbocycles. The lowest BCUT2D eigenvalue weighted by molar-refractivity contribution is -0.135. The van der Waals surface area contributed by atoms with Crippen LogP contribution in [0.5, 0.6) is 0 Å². The van der Waals surface area contributed by atoms with Gasteiger partial charge in [0.2, 0.25) is 0 Å². The van der Waals surface area contributed by atoms with Crippen molar-refractivity contribution in [3.63, 3.8) is 0 Å². The van der Waals surface area contributed by atoms with E-state index < -0.39 is 5.97 Å². The van der Waals surface area contributed by atoms with Crippen molar-refractivity contribution in [1.82, 2.24) is 0 Å². The highest BCUT2D eigenvalue weighted by molar-refractivity contribution is 5.73. The summed E-state index contributed by atoms with van der Waals surface area (Å²) < 4.78 is 0. The first-order valence-corrected chi connectivity index (χ1v) is 4.29. The molecule has 0 radical (unpaired) electrons. The number of carbonyl (C=O) groups is 2. The van der Waals surface area contributed by atoms with Gasteiger partial charge >= 0.3 is 5.97 Å². The molecule has 4 nitrogen and oxygen atoms in total. The number of carboxylic acid groups (broad SMARTS) is 1. The topological polar surface area (TPSA) is 80.4 Å². The zero-order chi connectivity index (χ0) is 11.5. The summed E-state index contributed by atoms with van der Waals surface area (Å²) in [5, 5.41) is 7.60. The molecule has 0 saturated carbocycles. The molecule has 0 spiro atoms. The predicted molar refractivity (Wildman–Crippen MR) is 58.2 cm³/mol. The van der Waals surface area contributed by atoms with Gasteiger partial charge in [-0.15, -0.1) is 0 Å². The van der Waals surface area contributed by atoms with Crippen molar-refractivity contribution >= 4 is 18.3 Å². The average molecular weight is 207 g/mol. The van der Waals surface area contributed by atoms with Crippen molar-refractivity contribution in [2.75, 3.05) is 6.54 Å². The molecule has 0 saturated heterocycles. The van der Waals surface area contributed by atoms with Crippen molar-refractivity contribution in [2.24, 2.45) is 5.73 Å². The smallest absolute Gasteiger partial charge is 0.317 e. The molecule has 0 atom stereocenters. The van der Waals surface area contributed by atoms with Crippen LogP contribution in [0, 0.1) is 0 Å². The number of rotatable bonds is 3. The number of nitrogens with two attached hydrogens (primary N) is 1. The van der Waals surface area contributed by atoms with E-state index in [2.05, 4.69) is 5.73 Å². The summed E-state index contributed by atoms with van der Waals surface area (Å²) in [7, 11) is 0. The van der Waals surface area contributed by atoms with Gasteiger partial charge in [0.1, 0.15) is 6.29 Å². The third-order valence-electron chi connectivity index (χ3n) is 1.34. The van der Waals surface area contributed by atoms with Crippen molar-refractivity contribution in [3.8, 4) is 0 Å². The molecular formula is C11H13NO3. The summed E-state index contributed by atoms with van der Waals surface area (Å²) in [6.45, 7) is -0.278. The molecule has 0 aliphatic heterocycles. The SMILES string of the molecule is NCC(=O)O.O=C/C=C/c1ccccc1. The number of aliphatic carboxylic acids is 1. The molecule has 1 aromatic rings. The van der Waals surface area contributed by atoms with E-state index in [-0.39, 0.29) is 6.54 Å². The van der Waals surface area contributed by atoms with Crippen LogP contribution in [0.4, 0.5) is 0 Å². The number of allylic oxidation sites excluding steroid dienone is 1. The molecule has 0 heterocycles. The molecule has 0 aromatic heterocycles. The van der Waals surface area contributed by atoms with E-state index in [1.807, 2.05) is 30.3 Å². The molecule has 80 valence electrons. The Bertz CT molecular complexity index is 320. The van der Waals surface area contributed by atoms with E-state index in [1.165, 1.54) is 6.08 Å². The minimum atomic E-state index is -0.968. The van der Waals surface area contributed by atoms with Gasteiger partial charge in [0.05, 0.1) is 6.54 Å². The first kappa shape index (κ1) is 13.1. The highest BCUT2D eigenvalue weighted by Crippen LogP contribution is 1.99. The lowest BCUT2D eigenvalue weighted by atomic mass is 10.2. The lowest BCUT2D eigenvalue weighted by Crippen LogP contribution is -2.10. The van der Waals surface area contributed by atoms with Crippen molar-refractivity contribution < 1.29 is 14.7 Å². The molecule has 15 heavy (non-hydrogen) atoms. The highest BCUT2D eigenvalue weighted by atomic mass is 16.4. The van der Waals surface area contributed by atoms with Crippen molar-refractivity contribution in [3.05, 3.63) is 42.0 Å². The minimum Gasteiger partial charge on any atom is -0.480 e. The number of hydrogen-bond acceptors (Lipinski definition) is 3. The third-order valence-corrected chi connectivity index (χ3v) is 1.34. The third kappa shape index (κ3) is 8.39. The Labute approximate surface area is 88.0 Å². The Kier molecular flexibility index (Phi) is 7.53. The number of carbonyl (C=O) groups excluding carboxylic acids is 1. The molecule has 0 aliphatic rings. The number of benzene rings is 1. The van der Waals surface area contributed by atoms with E-state index in [1.54, 1.807) is 6.08 Å². The van der Waals surface area contributed by atoms with Gasteiger partial charge < -0.3 is 10.8 Å². The maximum absolute atomic E-state index is 9.89. The average Bonchev–Trinajstić information content (AvgIpc) is 2.28. The van der Waals surface area contributed by atoms with E-state index in [0.29, 0.717) is 0 Å². The Hall–Kier alpha value is -1.94. The van der Waals surface area contributed by atoms with E-state index >= 15 is 0 Å². The summed E-state index contributed by atoms with van der Waals surface area (Å²) in [5.74, 6) is -0.968. The second kappa shape index (κ2) is 8.65. The fourth-order valence-electron chi connectivity index (χ4n) is 0.715. The summed E-state index contributed by atoms with van der Waals surface area (Å²) in [6, 6.07) is 9.70. The molecule has 0 fully saturated rings. The van der Waals surface area contributed by atoms with Crippen LogP contribution in [-0.2, 0) is 9.59 Å². The van der Waals surface area contributed by atoms with Crippen LogP contribution in [0.25, 0.3) is 6.08 Å². The van der Waals surface area contributed by atoms with Gasteiger partial charge in [-0.05, 0) is 11.6 Å². The molecule has 1 aromatic carbocycles. The minimum absolute atomic E-state index is 0.278. The molecular weight excluding hydrogens is 194 g/mol. The monoisotopic (exact) mass is 207 g/mol. The first-order chi connectivity index (χ1) is 7.20. The van der Waals surface area contributed by atoms with E-state index in [9.17, 15) is 9.59 Å². The lowest BCUT2D eigenvalue weighted by Gasteiger charge is -1.86. The molecule has 0 unspecified atom stereocenters. The summed E-state index contributed by atoms with van der Waals surface area (Å²) in [5.41, 5.74) is 5.62. The zero-order valence-electron chi connectivity index (χ0n) is 8.17. The molecule has 0 amide bonds.